The van der Waals surface area contributed by atoms with Crippen LogP contribution in [-0.2, 0) is 14.3 Å². The van der Waals surface area contributed by atoms with Crippen molar-refractivity contribution in [3.63, 3.8) is 0 Å². The van der Waals surface area contributed by atoms with Crippen LogP contribution in [0.25, 0.3) is 5.57 Å². The number of carbonyl (C=O) groups excluding carboxylic acids is 1. The average Bonchev–Trinajstić information content (AvgIpc) is 2.76. The first kappa shape index (κ1) is 15.7. The molecule has 1 aromatic carbocycles. The van der Waals surface area contributed by atoms with Crippen LogP contribution in [0.3, 0.4) is 0 Å². The van der Waals surface area contributed by atoms with Gasteiger partial charge in [0.1, 0.15) is 5.75 Å². The molecule has 5 nitrogen and oxygen atoms in total. The topological polar surface area (TPSA) is 48.0 Å². The number of Topliss-reactive ketones (excluding diaryl/α,β-unsaturated/α-hetero) is 1. The summed E-state index contributed by atoms with van der Waals surface area (Å²) in [5.74, 6) is 0.823. The van der Waals surface area contributed by atoms with Gasteiger partial charge in [-0.3, -0.25) is 4.79 Å². The van der Waals surface area contributed by atoms with Crippen molar-refractivity contribution in [2.75, 3.05) is 27.8 Å². The lowest BCUT2D eigenvalue weighted by Gasteiger charge is -2.16. The van der Waals surface area contributed by atoms with Gasteiger partial charge in [0, 0.05) is 25.7 Å². The van der Waals surface area contributed by atoms with Crippen molar-refractivity contribution in [1.82, 2.24) is 4.90 Å². The minimum atomic E-state index is -0.910. The van der Waals surface area contributed by atoms with E-state index >= 15 is 0 Å². The monoisotopic (exact) mass is 311 g/mol. The molecule has 0 aromatic heterocycles. The molecule has 0 amide bonds. The fraction of sp³-hybridized carbons (Fsp3) is 0.400. The molecule has 1 heterocycles. The molecule has 2 rings (SSSR count). The van der Waals surface area contributed by atoms with Gasteiger partial charge in [0.25, 0.3) is 6.29 Å². The number of ether oxygens (including phenoxy) is 3. The third-order valence-electron chi connectivity index (χ3n) is 3.01. The first-order valence-corrected chi connectivity index (χ1v) is 6.94. The van der Waals surface area contributed by atoms with Gasteiger partial charge >= 0.3 is 0 Å². The minimum Gasteiger partial charge on any atom is -0.497 e. The Labute approximate surface area is 129 Å². The zero-order valence-electron chi connectivity index (χ0n) is 12.5. The van der Waals surface area contributed by atoms with Gasteiger partial charge in [-0.25, -0.2) is 0 Å². The second kappa shape index (κ2) is 6.37. The molecule has 0 fully saturated rings. The molecule has 1 aromatic rings. The van der Waals surface area contributed by atoms with Gasteiger partial charge in [-0.15, -0.1) is 0 Å². The molecule has 6 heteroatoms. The first-order chi connectivity index (χ1) is 9.97. The molecule has 114 valence electrons. The molecule has 1 aliphatic rings. The smallest absolute Gasteiger partial charge is 0.266 e. The summed E-state index contributed by atoms with van der Waals surface area (Å²) >= 11 is 6.08. The van der Waals surface area contributed by atoms with Crippen LogP contribution in [0.2, 0.25) is 5.02 Å². The summed E-state index contributed by atoms with van der Waals surface area (Å²) in [6.07, 6.45) is -0.910. The summed E-state index contributed by atoms with van der Waals surface area (Å²) in [7, 11) is 5.16. The molecule has 1 atom stereocenters. The highest BCUT2D eigenvalue weighted by Gasteiger charge is 2.37. The van der Waals surface area contributed by atoms with Crippen molar-refractivity contribution in [2.45, 2.75) is 13.2 Å². The number of hydrogen-bond acceptors (Lipinski definition) is 5. The Kier molecular flexibility index (Phi) is 4.75. The predicted octanol–water partition coefficient (Wildman–Crippen LogP) is 2.54. The van der Waals surface area contributed by atoms with Crippen LogP contribution < -0.4 is 4.74 Å². The van der Waals surface area contributed by atoms with E-state index in [2.05, 4.69) is 0 Å². The van der Waals surface area contributed by atoms with Crippen molar-refractivity contribution >= 4 is 23.0 Å². The van der Waals surface area contributed by atoms with Gasteiger partial charge in [0.05, 0.1) is 12.7 Å². The molecule has 0 N–H and O–H groups in total. The Morgan fingerprint density at radius 3 is 2.62 bits per heavy atom. The Bertz CT molecular complexity index is 583. The standard InChI is InChI=1S/C15H18ClNO4/c1-5-20-15-13(18)12(14(21-15)17(2)3)9-6-10(16)8-11(7-9)19-4/h6-8,15H,5H2,1-4H3. The number of benzene rings is 1. The lowest BCUT2D eigenvalue weighted by molar-refractivity contribution is -0.150. The lowest BCUT2D eigenvalue weighted by atomic mass is 10.0. The normalized spacial score (nSPS) is 18.0. The van der Waals surface area contributed by atoms with E-state index in [9.17, 15) is 4.79 Å². The lowest BCUT2D eigenvalue weighted by Crippen LogP contribution is -2.22. The van der Waals surface area contributed by atoms with E-state index in [1.54, 1.807) is 44.3 Å². The number of ketones is 1. The van der Waals surface area contributed by atoms with Crippen LogP contribution in [-0.4, -0.2) is 44.8 Å². The molecule has 0 spiro atoms. The maximum absolute atomic E-state index is 12.5. The van der Waals surface area contributed by atoms with Crippen molar-refractivity contribution in [3.8, 4) is 5.75 Å². The van der Waals surface area contributed by atoms with Gasteiger partial charge in [-0.05, 0) is 30.7 Å². The third-order valence-corrected chi connectivity index (χ3v) is 3.23. The van der Waals surface area contributed by atoms with E-state index in [0.29, 0.717) is 34.4 Å². The zero-order valence-corrected chi connectivity index (χ0v) is 13.2. The Hall–Kier alpha value is -1.72. The largest absolute Gasteiger partial charge is 0.497 e. The average molecular weight is 312 g/mol. The summed E-state index contributed by atoms with van der Waals surface area (Å²) in [5, 5.41) is 0.489. The molecule has 1 aliphatic heterocycles. The van der Waals surface area contributed by atoms with Crippen LogP contribution in [0.5, 0.6) is 5.75 Å². The van der Waals surface area contributed by atoms with Crippen LogP contribution in [0, 0.1) is 0 Å². The second-order valence-corrected chi connectivity index (χ2v) is 5.16. The van der Waals surface area contributed by atoms with Gasteiger partial charge in [0.2, 0.25) is 11.7 Å². The van der Waals surface area contributed by atoms with E-state index in [-0.39, 0.29) is 5.78 Å². The SMILES string of the molecule is CCOC1OC(N(C)C)=C(c2cc(Cl)cc(OC)c2)C1=O. The van der Waals surface area contributed by atoms with Crippen LogP contribution in [0.15, 0.2) is 24.1 Å². The van der Waals surface area contributed by atoms with E-state index in [1.165, 1.54) is 0 Å². The summed E-state index contributed by atoms with van der Waals surface area (Å²) < 4.78 is 16.1. The molecule has 0 aliphatic carbocycles. The van der Waals surface area contributed by atoms with Crippen molar-refractivity contribution in [1.29, 1.82) is 0 Å². The molecule has 0 radical (unpaired) electrons. The maximum Gasteiger partial charge on any atom is 0.266 e. The third kappa shape index (κ3) is 3.14. The highest BCUT2D eigenvalue weighted by atomic mass is 35.5. The van der Waals surface area contributed by atoms with Crippen LogP contribution >= 0.6 is 11.6 Å². The molecule has 0 saturated heterocycles. The molecule has 0 saturated carbocycles. The van der Waals surface area contributed by atoms with Gasteiger partial charge in [0.15, 0.2) is 0 Å². The zero-order chi connectivity index (χ0) is 15.6. The minimum absolute atomic E-state index is 0.218. The van der Waals surface area contributed by atoms with E-state index in [4.69, 9.17) is 25.8 Å². The number of rotatable bonds is 5. The van der Waals surface area contributed by atoms with Gasteiger partial charge < -0.3 is 19.1 Å². The number of halogens is 1. The van der Waals surface area contributed by atoms with Crippen LogP contribution in [0.4, 0.5) is 0 Å². The summed E-state index contributed by atoms with van der Waals surface area (Å²) in [6.45, 7) is 2.20. The number of nitrogens with zero attached hydrogens (tertiary/aromatic N) is 1. The number of methoxy groups -OCH3 is 1. The van der Waals surface area contributed by atoms with Gasteiger partial charge in [-0.1, -0.05) is 11.6 Å². The molecular weight excluding hydrogens is 294 g/mol. The Morgan fingerprint density at radius 2 is 2.05 bits per heavy atom. The van der Waals surface area contributed by atoms with Crippen molar-refractivity contribution < 1.29 is 19.0 Å². The fourth-order valence-corrected chi connectivity index (χ4v) is 2.34. The quantitative estimate of drug-likeness (QED) is 0.836. The highest BCUT2D eigenvalue weighted by molar-refractivity contribution is 6.31. The highest BCUT2D eigenvalue weighted by Crippen LogP contribution is 2.34. The van der Waals surface area contributed by atoms with Crippen molar-refractivity contribution in [3.05, 3.63) is 34.7 Å². The Balaban J connectivity index is 2.49. The maximum atomic E-state index is 12.5. The molecule has 1 unspecified atom stereocenters. The summed E-state index contributed by atoms with van der Waals surface area (Å²) in [6, 6.07) is 5.14. The number of hydrogen-bond donors (Lipinski definition) is 0. The number of carbonyl (C=O) groups is 1. The fourth-order valence-electron chi connectivity index (χ4n) is 2.12. The summed E-state index contributed by atoms with van der Waals surface area (Å²) in [4.78, 5) is 14.2. The predicted molar refractivity (Wildman–Crippen MR) is 80.1 cm³/mol. The molecule has 0 bridgehead atoms. The van der Waals surface area contributed by atoms with E-state index in [1.807, 2.05) is 6.92 Å². The first-order valence-electron chi connectivity index (χ1n) is 6.57. The van der Waals surface area contributed by atoms with E-state index in [0.717, 1.165) is 0 Å². The van der Waals surface area contributed by atoms with Crippen molar-refractivity contribution in [2.24, 2.45) is 0 Å². The molecular formula is C15H18ClNO4. The van der Waals surface area contributed by atoms with Crippen LogP contribution in [0.1, 0.15) is 12.5 Å². The second-order valence-electron chi connectivity index (χ2n) is 4.72. The summed E-state index contributed by atoms with van der Waals surface area (Å²) in [5.41, 5.74) is 1.09. The molecule has 21 heavy (non-hydrogen) atoms. The van der Waals surface area contributed by atoms with E-state index < -0.39 is 6.29 Å². The van der Waals surface area contributed by atoms with Gasteiger partial charge in [-0.2, -0.15) is 0 Å². The Morgan fingerprint density at radius 1 is 1.33 bits per heavy atom.